The predicted octanol–water partition coefficient (Wildman–Crippen LogP) is 3.12. The molecule has 9 heteroatoms. The zero-order valence-electron chi connectivity index (χ0n) is 14.8. The minimum absolute atomic E-state index is 0.0152. The molecule has 0 saturated carbocycles. The van der Waals surface area contributed by atoms with E-state index in [0.29, 0.717) is 10.1 Å². The fraction of sp³-hybridized carbons (Fsp3) is 0.105. The minimum atomic E-state index is -3.62. The Bertz CT molecular complexity index is 1050. The number of sulfonamides is 1. The average molecular weight is 415 g/mol. The Labute approximate surface area is 167 Å². The molecule has 3 aromatic rings. The standard InChI is InChI=1S/C19H18N4O3S2/c24-17(21-19-23-22-18(27-19)16-9-5-2-6-10-16)11-13-20-28(25,26)14-12-15-7-3-1-4-8-15/h1-10,12,14,20H,11,13H2,(H,21,23,24)/b14-12+. The van der Waals surface area contributed by atoms with Gasteiger partial charge in [0.05, 0.1) is 0 Å². The zero-order chi connectivity index (χ0) is 19.8. The van der Waals surface area contributed by atoms with E-state index in [1.165, 1.54) is 17.4 Å². The molecular weight excluding hydrogens is 396 g/mol. The van der Waals surface area contributed by atoms with Crippen molar-refractivity contribution < 1.29 is 13.2 Å². The Hall–Kier alpha value is -2.88. The van der Waals surface area contributed by atoms with Crippen LogP contribution in [0.15, 0.2) is 66.1 Å². The van der Waals surface area contributed by atoms with Crippen molar-refractivity contribution in [1.29, 1.82) is 0 Å². The Morgan fingerprint density at radius 2 is 1.68 bits per heavy atom. The summed E-state index contributed by atoms with van der Waals surface area (Å²) in [7, 11) is -3.62. The first-order valence-electron chi connectivity index (χ1n) is 8.43. The van der Waals surface area contributed by atoms with Gasteiger partial charge in [-0.1, -0.05) is 72.0 Å². The lowest BCUT2D eigenvalue weighted by Gasteiger charge is -2.03. The number of hydrogen-bond acceptors (Lipinski definition) is 6. The molecule has 0 saturated heterocycles. The van der Waals surface area contributed by atoms with Crippen LogP contribution in [0, 0.1) is 0 Å². The van der Waals surface area contributed by atoms with Gasteiger partial charge in [0.1, 0.15) is 5.01 Å². The minimum Gasteiger partial charge on any atom is -0.300 e. The number of carbonyl (C=O) groups excluding carboxylic acids is 1. The summed E-state index contributed by atoms with van der Waals surface area (Å²) in [5.41, 5.74) is 1.69. The lowest BCUT2D eigenvalue weighted by Crippen LogP contribution is -2.26. The highest BCUT2D eigenvalue weighted by Crippen LogP contribution is 2.25. The second-order valence-electron chi connectivity index (χ2n) is 5.73. The number of rotatable bonds is 8. The van der Waals surface area contributed by atoms with E-state index in [9.17, 15) is 13.2 Å². The van der Waals surface area contributed by atoms with Crippen LogP contribution in [0.3, 0.4) is 0 Å². The quantitative estimate of drug-likeness (QED) is 0.590. The third-order valence-corrected chi connectivity index (χ3v) is 5.58. The van der Waals surface area contributed by atoms with Gasteiger partial charge < -0.3 is 5.32 Å². The van der Waals surface area contributed by atoms with Crippen LogP contribution in [0.25, 0.3) is 16.6 Å². The fourth-order valence-electron chi connectivity index (χ4n) is 2.24. The molecule has 1 amide bonds. The summed E-state index contributed by atoms with van der Waals surface area (Å²) in [6.07, 6.45) is 1.48. The highest BCUT2D eigenvalue weighted by molar-refractivity contribution is 7.92. The first-order chi connectivity index (χ1) is 13.5. The van der Waals surface area contributed by atoms with Gasteiger partial charge in [-0.2, -0.15) is 0 Å². The van der Waals surface area contributed by atoms with Gasteiger partial charge in [0.2, 0.25) is 21.1 Å². The molecule has 2 aromatic carbocycles. The smallest absolute Gasteiger partial charge is 0.233 e. The van der Waals surface area contributed by atoms with E-state index in [1.807, 2.05) is 48.5 Å². The van der Waals surface area contributed by atoms with Crippen molar-refractivity contribution in [3.05, 3.63) is 71.6 Å². The second-order valence-corrected chi connectivity index (χ2v) is 8.36. The number of nitrogens with one attached hydrogen (secondary N) is 2. The molecule has 3 rings (SSSR count). The van der Waals surface area contributed by atoms with Crippen LogP contribution in [-0.2, 0) is 14.8 Å². The van der Waals surface area contributed by atoms with Gasteiger partial charge >= 0.3 is 0 Å². The van der Waals surface area contributed by atoms with Crippen LogP contribution in [0.2, 0.25) is 0 Å². The van der Waals surface area contributed by atoms with E-state index in [1.54, 1.807) is 12.1 Å². The van der Waals surface area contributed by atoms with Crippen LogP contribution in [0.4, 0.5) is 5.13 Å². The summed E-state index contributed by atoms with van der Waals surface area (Å²) in [5.74, 6) is -0.342. The summed E-state index contributed by atoms with van der Waals surface area (Å²) < 4.78 is 26.3. The second kappa shape index (κ2) is 9.36. The van der Waals surface area contributed by atoms with E-state index in [0.717, 1.165) is 16.5 Å². The van der Waals surface area contributed by atoms with Crippen LogP contribution >= 0.6 is 11.3 Å². The van der Waals surface area contributed by atoms with Gasteiger partial charge in [-0.15, -0.1) is 10.2 Å². The monoisotopic (exact) mass is 414 g/mol. The van der Waals surface area contributed by atoms with Crippen LogP contribution in [0.1, 0.15) is 12.0 Å². The molecule has 0 aliphatic rings. The van der Waals surface area contributed by atoms with Crippen molar-refractivity contribution in [2.75, 3.05) is 11.9 Å². The largest absolute Gasteiger partial charge is 0.300 e. The summed E-state index contributed by atoms with van der Waals surface area (Å²) in [4.78, 5) is 12.0. The highest BCUT2D eigenvalue weighted by Gasteiger charge is 2.11. The molecule has 0 aliphatic carbocycles. The Morgan fingerprint density at radius 3 is 2.39 bits per heavy atom. The lowest BCUT2D eigenvalue weighted by atomic mass is 10.2. The van der Waals surface area contributed by atoms with Crippen molar-refractivity contribution in [3.63, 3.8) is 0 Å². The van der Waals surface area contributed by atoms with E-state index < -0.39 is 10.0 Å². The van der Waals surface area contributed by atoms with Crippen molar-refractivity contribution in [2.24, 2.45) is 0 Å². The third kappa shape index (κ3) is 6.08. The van der Waals surface area contributed by atoms with Crippen LogP contribution < -0.4 is 10.0 Å². The molecule has 1 aromatic heterocycles. The number of carbonyl (C=O) groups is 1. The third-order valence-electron chi connectivity index (χ3n) is 3.59. The fourth-order valence-corrected chi connectivity index (χ4v) is 3.82. The Morgan fingerprint density at radius 1 is 1.00 bits per heavy atom. The summed E-state index contributed by atoms with van der Waals surface area (Å²) in [6, 6.07) is 18.6. The number of anilines is 1. The zero-order valence-corrected chi connectivity index (χ0v) is 16.4. The van der Waals surface area contributed by atoms with Gasteiger partial charge in [0.15, 0.2) is 0 Å². The molecule has 28 heavy (non-hydrogen) atoms. The van der Waals surface area contributed by atoms with Gasteiger partial charge in [0, 0.05) is 23.9 Å². The molecule has 144 valence electrons. The summed E-state index contributed by atoms with van der Waals surface area (Å²) in [5, 5.41) is 12.8. The van der Waals surface area contributed by atoms with Crippen LogP contribution in [0.5, 0.6) is 0 Å². The highest BCUT2D eigenvalue weighted by atomic mass is 32.2. The molecule has 0 spiro atoms. The molecule has 1 heterocycles. The predicted molar refractivity (Wildman–Crippen MR) is 111 cm³/mol. The lowest BCUT2D eigenvalue weighted by molar-refractivity contribution is -0.116. The summed E-state index contributed by atoms with van der Waals surface area (Å²) in [6.45, 7) is -0.0162. The van der Waals surface area contributed by atoms with Gasteiger partial charge in [-0.25, -0.2) is 13.1 Å². The van der Waals surface area contributed by atoms with E-state index in [4.69, 9.17) is 0 Å². The average Bonchev–Trinajstić information content (AvgIpc) is 3.16. The topological polar surface area (TPSA) is 101 Å². The molecule has 0 radical (unpaired) electrons. The summed E-state index contributed by atoms with van der Waals surface area (Å²) >= 11 is 1.26. The molecule has 0 unspecified atom stereocenters. The maximum absolute atomic E-state index is 12.0. The molecule has 2 N–H and O–H groups in total. The Kier molecular flexibility index (Phi) is 6.64. The van der Waals surface area contributed by atoms with Crippen molar-refractivity contribution >= 4 is 38.5 Å². The maximum Gasteiger partial charge on any atom is 0.233 e. The first-order valence-corrected chi connectivity index (χ1v) is 10.8. The van der Waals surface area contributed by atoms with Gasteiger partial charge in [-0.3, -0.25) is 4.79 Å². The SMILES string of the molecule is O=C(CCNS(=O)(=O)/C=C/c1ccccc1)Nc1nnc(-c2ccccc2)s1. The molecule has 7 nitrogen and oxygen atoms in total. The maximum atomic E-state index is 12.0. The first kappa shape index (κ1) is 19.9. The number of aromatic nitrogens is 2. The van der Waals surface area contributed by atoms with E-state index in [-0.39, 0.29) is 18.9 Å². The van der Waals surface area contributed by atoms with Crippen molar-refractivity contribution in [3.8, 4) is 10.6 Å². The van der Waals surface area contributed by atoms with Crippen molar-refractivity contribution in [2.45, 2.75) is 6.42 Å². The molecule has 0 aliphatic heterocycles. The van der Waals surface area contributed by atoms with Crippen molar-refractivity contribution in [1.82, 2.24) is 14.9 Å². The van der Waals surface area contributed by atoms with E-state index in [2.05, 4.69) is 20.2 Å². The normalized spacial score (nSPS) is 11.6. The van der Waals surface area contributed by atoms with Gasteiger partial charge in [0.25, 0.3) is 0 Å². The molecule has 0 fully saturated rings. The number of hydrogen-bond donors (Lipinski definition) is 2. The Balaban J connectivity index is 1.47. The molecule has 0 atom stereocenters. The van der Waals surface area contributed by atoms with Crippen LogP contribution in [-0.4, -0.2) is 31.1 Å². The molecular formula is C19H18N4O3S2. The van der Waals surface area contributed by atoms with Gasteiger partial charge in [-0.05, 0) is 11.6 Å². The number of nitrogens with zero attached hydrogens (tertiary/aromatic N) is 2. The number of amides is 1. The number of benzene rings is 2. The molecule has 0 bridgehead atoms. The van der Waals surface area contributed by atoms with E-state index >= 15 is 0 Å².